The number of hydrogen-bond donors (Lipinski definition) is 1. The lowest BCUT2D eigenvalue weighted by molar-refractivity contribution is -0.131. The van der Waals surface area contributed by atoms with Crippen LogP contribution in [0.4, 0.5) is 0 Å². The summed E-state index contributed by atoms with van der Waals surface area (Å²) in [5.74, 6) is 0.430. The van der Waals surface area contributed by atoms with Gasteiger partial charge < -0.3 is 31.7 Å². The lowest BCUT2D eigenvalue weighted by atomic mass is 9.98. The van der Waals surface area contributed by atoms with Gasteiger partial charge in [0.1, 0.15) is 0 Å². The molecular weight excluding hydrogens is 541 g/mol. The Balaban J connectivity index is 3.65. The van der Waals surface area contributed by atoms with Crippen LogP contribution in [0, 0.1) is 0 Å². The van der Waals surface area contributed by atoms with Crippen LogP contribution in [0.3, 0.4) is 0 Å². The fourth-order valence-corrected chi connectivity index (χ4v) is 18.8. The van der Waals surface area contributed by atoms with Gasteiger partial charge >= 0.3 is 14.8 Å². The highest BCUT2D eigenvalue weighted by Crippen LogP contribution is 2.44. The first-order chi connectivity index (χ1) is 16.8. The molecule has 8 nitrogen and oxygen atoms in total. The molecule has 12 heteroatoms. The predicted molar refractivity (Wildman–Crippen MR) is 160 cm³/mol. The quantitative estimate of drug-likeness (QED) is 0.180. The number of ether oxygens (including phenoxy) is 3. The molecule has 0 radical (unpaired) electrons. The molecule has 0 aliphatic rings. The summed E-state index contributed by atoms with van der Waals surface area (Å²) in [7, 11) is -4.51. The van der Waals surface area contributed by atoms with Crippen molar-refractivity contribution in [2.45, 2.75) is 84.2 Å². The maximum Gasteiger partial charge on any atom is 0.472 e. The average Bonchev–Trinajstić information content (AvgIpc) is 2.71. The summed E-state index contributed by atoms with van der Waals surface area (Å²) >= 11 is 0. The maximum absolute atomic E-state index is 11.3. The summed E-state index contributed by atoms with van der Waals surface area (Å²) in [5.41, 5.74) is 1.54. The first-order valence-electron chi connectivity index (χ1n) is 12.6. The van der Waals surface area contributed by atoms with Gasteiger partial charge in [-0.15, -0.1) is 0 Å². The van der Waals surface area contributed by atoms with Gasteiger partial charge in [-0.3, -0.25) is 0 Å². The Bertz CT molecular complexity index is 905. The van der Waals surface area contributed by atoms with Crippen molar-refractivity contribution in [3.63, 3.8) is 0 Å². The molecule has 0 fully saturated rings. The zero-order chi connectivity index (χ0) is 28.8. The van der Waals surface area contributed by atoms with Gasteiger partial charge in [-0.1, -0.05) is 6.92 Å². The van der Waals surface area contributed by atoms with E-state index in [1.54, 1.807) is 33.5 Å². The first-order valence-corrected chi connectivity index (χ1v) is 24.6. The van der Waals surface area contributed by atoms with Crippen LogP contribution >= 0.6 is 0 Å². The van der Waals surface area contributed by atoms with Crippen molar-refractivity contribution in [1.82, 2.24) is 0 Å². The predicted octanol–water partition coefficient (Wildman–Crippen LogP) is 6.63. The molecule has 0 spiro atoms. The summed E-state index contributed by atoms with van der Waals surface area (Å²) < 4.78 is 37.6. The minimum atomic E-state index is -3.10. The Labute approximate surface area is 228 Å². The number of carboxylic acid groups (broad SMARTS) is 1. The van der Waals surface area contributed by atoms with E-state index in [-0.39, 0.29) is 5.54 Å². The number of hydrogen-bond acceptors (Lipinski definition) is 7. The van der Waals surface area contributed by atoms with Crippen LogP contribution in [0.2, 0.25) is 64.5 Å². The van der Waals surface area contributed by atoms with Crippen molar-refractivity contribution >= 4 is 45.8 Å². The molecule has 0 saturated carbocycles. The molecule has 0 heterocycles. The van der Waals surface area contributed by atoms with Crippen LogP contribution in [0.15, 0.2) is 12.1 Å². The summed E-state index contributed by atoms with van der Waals surface area (Å²) in [6.45, 7) is 21.7. The van der Waals surface area contributed by atoms with Gasteiger partial charge in [0.05, 0.1) is 21.3 Å². The highest BCUT2D eigenvalue weighted by Gasteiger charge is 2.53. The molecule has 1 aromatic rings. The molecule has 1 unspecified atom stereocenters. The molecule has 37 heavy (non-hydrogen) atoms. The van der Waals surface area contributed by atoms with Crippen molar-refractivity contribution in [3.8, 4) is 17.2 Å². The third kappa shape index (κ3) is 10.7. The van der Waals surface area contributed by atoms with Gasteiger partial charge in [0, 0.05) is 17.2 Å². The second-order valence-corrected chi connectivity index (χ2v) is 29.4. The Hall–Kier alpha value is -1.42. The average molecular weight is 589 g/mol. The largest absolute Gasteiger partial charge is 0.493 e. The number of carbonyl (C=O) groups is 1. The zero-order valence-electron chi connectivity index (χ0n) is 25.0. The van der Waals surface area contributed by atoms with E-state index in [0.29, 0.717) is 35.7 Å². The highest BCUT2D eigenvalue weighted by molar-refractivity contribution is 6.90. The summed E-state index contributed by atoms with van der Waals surface area (Å²) in [6, 6.07) is 1.78. The van der Waals surface area contributed by atoms with Gasteiger partial charge in [-0.25, -0.2) is 4.79 Å². The van der Waals surface area contributed by atoms with Gasteiger partial charge in [-0.2, -0.15) is 0 Å². The number of methoxy groups -OCH3 is 3. The van der Waals surface area contributed by atoms with Crippen molar-refractivity contribution < 1.29 is 36.5 Å². The van der Waals surface area contributed by atoms with Gasteiger partial charge in [0.15, 0.2) is 36.5 Å². The third-order valence-corrected chi connectivity index (χ3v) is 17.4. The minimum absolute atomic E-state index is 0.00628. The van der Waals surface area contributed by atoms with Crippen LogP contribution in [0.25, 0.3) is 6.08 Å². The topological polar surface area (TPSA) is 92.7 Å². The summed E-state index contributed by atoms with van der Waals surface area (Å²) in [5, 5.41) is 9.26. The molecule has 1 rings (SSSR count). The second-order valence-electron chi connectivity index (χ2n) is 12.1. The number of aliphatic carboxylic acids is 1. The van der Waals surface area contributed by atoms with E-state index in [9.17, 15) is 9.90 Å². The number of carboxylic acids is 1. The Morgan fingerprint density at radius 2 is 1.30 bits per heavy atom. The molecule has 0 amide bonds. The third-order valence-electron chi connectivity index (χ3n) is 5.15. The normalized spacial score (nSPS) is 14.1. The van der Waals surface area contributed by atoms with Crippen molar-refractivity contribution in [3.05, 3.63) is 23.3 Å². The van der Waals surface area contributed by atoms with Gasteiger partial charge in [0.25, 0.3) is 0 Å². The number of rotatable bonds is 15. The molecular formula is C25H48O8Si4. The second kappa shape index (κ2) is 13.1. The van der Waals surface area contributed by atoms with E-state index in [2.05, 4.69) is 65.8 Å². The molecule has 212 valence electrons. The summed E-state index contributed by atoms with van der Waals surface area (Å²) in [4.78, 5) is 11.3. The highest BCUT2D eigenvalue weighted by atomic mass is 28.5. The fraction of sp³-hybridized carbons (Fsp3) is 0.640. The summed E-state index contributed by atoms with van der Waals surface area (Å²) in [6.07, 6.45) is 3.96. The van der Waals surface area contributed by atoms with Crippen LogP contribution in [0.5, 0.6) is 17.2 Å². The molecule has 0 saturated heterocycles. The fourth-order valence-electron chi connectivity index (χ4n) is 3.98. The van der Waals surface area contributed by atoms with Crippen LogP contribution in [-0.2, 0) is 23.6 Å². The van der Waals surface area contributed by atoms with Gasteiger partial charge in [-0.05, 0) is 89.5 Å². The molecule has 1 atom stereocenters. The van der Waals surface area contributed by atoms with Gasteiger partial charge in [0.2, 0.25) is 5.75 Å². The molecule has 1 aromatic carbocycles. The van der Waals surface area contributed by atoms with Crippen LogP contribution < -0.4 is 14.2 Å². The van der Waals surface area contributed by atoms with Crippen LogP contribution in [0.1, 0.15) is 24.5 Å². The van der Waals surface area contributed by atoms with Crippen LogP contribution in [-0.4, -0.2) is 66.2 Å². The van der Waals surface area contributed by atoms with E-state index >= 15 is 0 Å². The van der Waals surface area contributed by atoms with E-state index in [1.807, 2.05) is 0 Å². The molecule has 0 bridgehead atoms. The maximum atomic E-state index is 11.3. The molecule has 1 N–H and O–H groups in total. The Kier molecular flexibility index (Phi) is 11.9. The van der Waals surface area contributed by atoms with E-state index in [1.165, 1.54) is 0 Å². The smallest absolute Gasteiger partial charge is 0.472 e. The van der Waals surface area contributed by atoms with E-state index < -0.39 is 39.7 Å². The number of benzene rings is 1. The lowest BCUT2D eigenvalue weighted by Gasteiger charge is -2.45. The van der Waals surface area contributed by atoms with Crippen molar-refractivity contribution in [2.24, 2.45) is 0 Å². The lowest BCUT2D eigenvalue weighted by Crippen LogP contribution is -2.62. The SMILES string of the molecule is COc1cc(C=CC(=O)O)c(CCC(C)[Si](O[Si](C)(C)C)(O[Si](C)(C)C)O[Si](C)(C)C)c(OC)c1OC. The van der Waals surface area contributed by atoms with E-state index in [0.717, 1.165) is 11.6 Å². The first kappa shape index (κ1) is 33.6. The Morgan fingerprint density at radius 3 is 1.65 bits per heavy atom. The Morgan fingerprint density at radius 1 is 0.838 bits per heavy atom. The standard InChI is InChI=1S/C25H48O8Si4/c1-19(37(31-34(5,6)7,32-35(8,9)10)33-36(11,12)13)14-16-21-20(15-17-23(26)27)18-22(28-2)25(30-4)24(21)29-3/h15,17-19H,14,16H2,1-13H3,(H,26,27). The molecule has 0 aromatic heterocycles. The van der Waals surface area contributed by atoms with Crippen molar-refractivity contribution in [2.75, 3.05) is 21.3 Å². The van der Waals surface area contributed by atoms with Crippen molar-refractivity contribution in [1.29, 1.82) is 0 Å². The van der Waals surface area contributed by atoms with E-state index in [4.69, 9.17) is 26.6 Å². The monoisotopic (exact) mass is 588 g/mol. The molecule has 0 aliphatic heterocycles. The molecule has 0 aliphatic carbocycles. The minimum Gasteiger partial charge on any atom is -0.493 e. The zero-order valence-corrected chi connectivity index (χ0v) is 29.0.